The molecule has 0 saturated carbocycles. The largest absolute Gasteiger partial charge is 0.319 e. The first-order chi connectivity index (χ1) is 6.09. The van der Waals surface area contributed by atoms with Gasteiger partial charge in [0.05, 0.1) is 5.54 Å². The summed E-state index contributed by atoms with van der Waals surface area (Å²) in [6, 6.07) is 5.77. The summed E-state index contributed by atoms with van der Waals surface area (Å²) in [5.74, 6) is 0.781. The first-order valence-corrected chi connectivity index (χ1v) is 4.18. The molecule has 4 heteroatoms. The minimum atomic E-state index is -0.458. The third kappa shape index (κ3) is 1.29. The topological polar surface area (TPSA) is 56.2 Å². The van der Waals surface area contributed by atoms with E-state index in [1.807, 2.05) is 42.6 Å². The van der Waals surface area contributed by atoms with E-state index < -0.39 is 5.54 Å². The fraction of sp³-hybridized carbons (Fsp3) is 0.333. The minimum absolute atomic E-state index is 0.458. The van der Waals surface area contributed by atoms with Crippen LogP contribution >= 0.6 is 0 Å². The molecule has 0 bridgehead atoms. The highest BCUT2D eigenvalue weighted by atomic mass is 15.3. The van der Waals surface area contributed by atoms with Crippen molar-refractivity contribution in [3.8, 4) is 0 Å². The predicted octanol–water partition coefficient (Wildman–Crippen LogP) is 0.923. The van der Waals surface area contributed by atoms with E-state index in [2.05, 4.69) is 10.2 Å². The molecule has 13 heavy (non-hydrogen) atoms. The average Bonchev–Trinajstić information content (AvgIpc) is 2.45. The van der Waals surface area contributed by atoms with Gasteiger partial charge in [0.1, 0.15) is 0 Å². The maximum Gasteiger partial charge on any atom is 0.160 e. The van der Waals surface area contributed by atoms with Crippen LogP contribution in [0.2, 0.25) is 0 Å². The molecule has 0 aliphatic carbocycles. The number of rotatable bonds is 1. The maximum atomic E-state index is 5.94. The second-order valence-corrected chi connectivity index (χ2v) is 3.67. The highest BCUT2D eigenvalue weighted by molar-refractivity contribution is 5.37. The lowest BCUT2D eigenvalue weighted by atomic mass is 10.1. The van der Waals surface area contributed by atoms with Gasteiger partial charge in [0.2, 0.25) is 0 Å². The van der Waals surface area contributed by atoms with Crippen LogP contribution in [0.5, 0.6) is 0 Å². The van der Waals surface area contributed by atoms with Gasteiger partial charge < -0.3 is 5.73 Å². The van der Waals surface area contributed by atoms with Crippen LogP contribution in [0.25, 0.3) is 5.65 Å². The van der Waals surface area contributed by atoms with E-state index >= 15 is 0 Å². The number of hydrogen-bond acceptors (Lipinski definition) is 3. The molecular weight excluding hydrogens is 164 g/mol. The Hall–Kier alpha value is -1.42. The van der Waals surface area contributed by atoms with Gasteiger partial charge in [0.15, 0.2) is 11.5 Å². The Bertz CT molecular complexity index is 424. The third-order valence-corrected chi connectivity index (χ3v) is 1.89. The first kappa shape index (κ1) is 8.19. The molecule has 0 spiro atoms. The zero-order valence-corrected chi connectivity index (χ0v) is 7.73. The number of fused-ring (bicyclic) bond motifs is 1. The summed E-state index contributed by atoms with van der Waals surface area (Å²) < 4.78 is 1.90. The molecule has 2 aromatic heterocycles. The zero-order chi connectivity index (χ0) is 9.47. The van der Waals surface area contributed by atoms with Crippen LogP contribution in [0.1, 0.15) is 19.7 Å². The van der Waals surface area contributed by atoms with Crippen LogP contribution < -0.4 is 5.73 Å². The van der Waals surface area contributed by atoms with Gasteiger partial charge in [-0.15, -0.1) is 10.2 Å². The van der Waals surface area contributed by atoms with Gasteiger partial charge in [0.25, 0.3) is 0 Å². The van der Waals surface area contributed by atoms with Crippen LogP contribution in [-0.2, 0) is 5.54 Å². The Morgan fingerprint density at radius 2 is 2.08 bits per heavy atom. The van der Waals surface area contributed by atoms with Crippen molar-refractivity contribution in [3.63, 3.8) is 0 Å². The first-order valence-electron chi connectivity index (χ1n) is 4.18. The van der Waals surface area contributed by atoms with Gasteiger partial charge in [-0.2, -0.15) is 0 Å². The lowest BCUT2D eigenvalue weighted by molar-refractivity contribution is 0.508. The highest BCUT2D eigenvalue weighted by Gasteiger charge is 2.20. The molecule has 0 fully saturated rings. The summed E-state index contributed by atoms with van der Waals surface area (Å²) in [7, 11) is 0. The number of nitrogens with zero attached hydrogens (tertiary/aromatic N) is 3. The van der Waals surface area contributed by atoms with E-state index in [1.54, 1.807) is 0 Å². The van der Waals surface area contributed by atoms with Crippen molar-refractivity contribution < 1.29 is 0 Å². The molecule has 0 radical (unpaired) electrons. The zero-order valence-electron chi connectivity index (χ0n) is 7.73. The van der Waals surface area contributed by atoms with E-state index in [9.17, 15) is 0 Å². The quantitative estimate of drug-likeness (QED) is 0.703. The summed E-state index contributed by atoms with van der Waals surface area (Å²) in [6.45, 7) is 3.83. The molecule has 2 rings (SSSR count). The summed E-state index contributed by atoms with van der Waals surface area (Å²) in [5.41, 5.74) is 6.32. The summed E-state index contributed by atoms with van der Waals surface area (Å²) >= 11 is 0. The third-order valence-electron chi connectivity index (χ3n) is 1.89. The van der Waals surface area contributed by atoms with Crippen LogP contribution in [0.15, 0.2) is 24.4 Å². The van der Waals surface area contributed by atoms with E-state index in [1.165, 1.54) is 0 Å². The van der Waals surface area contributed by atoms with Crippen molar-refractivity contribution in [1.82, 2.24) is 14.6 Å². The molecule has 0 unspecified atom stereocenters. The molecule has 0 aliphatic rings. The predicted molar refractivity (Wildman–Crippen MR) is 50.2 cm³/mol. The van der Waals surface area contributed by atoms with E-state index in [-0.39, 0.29) is 0 Å². The number of hydrogen-bond donors (Lipinski definition) is 1. The molecule has 2 heterocycles. The monoisotopic (exact) mass is 176 g/mol. The smallest absolute Gasteiger partial charge is 0.160 e. The normalized spacial score (nSPS) is 12.2. The van der Waals surface area contributed by atoms with Gasteiger partial charge in [-0.05, 0) is 26.0 Å². The van der Waals surface area contributed by atoms with Crippen molar-refractivity contribution in [2.75, 3.05) is 0 Å². The Labute approximate surface area is 76.4 Å². The Balaban J connectivity index is 2.72. The van der Waals surface area contributed by atoms with Crippen LogP contribution in [0.4, 0.5) is 0 Å². The van der Waals surface area contributed by atoms with Crippen molar-refractivity contribution in [2.45, 2.75) is 19.4 Å². The molecule has 0 amide bonds. The molecule has 2 aromatic rings. The maximum absolute atomic E-state index is 5.94. The molecule has 0 aromatic carbocycles. The Morgan fingerprint density at radius 3 is 2.77 bits per heavy atom. The van der Waals surface area contributed by atoms with E-state index in [0.29, 0.717) is 0 Å². The molecule has 4 nitrogen and oxygen atoms in total. The van der Waals surface area contributed by atoms with Crippen LogP contribution in [0, 0.1) is 0 Å². The summed E-state index contributed by atoms with van der Waals surface area (Å²) in [4.78, 5) is 0. The second-order valence-electron chi connectivity index (χ2n) is 3.67. The lowest BCUT2D eigenvalue weighted by Gasteiger charge is -2.15. The van der Waals surface area contributed by atoms with Crippen molar-refractivity contribution in [1.29, 1.82) is 0 Å². The van der Waals surface area contributed by atoms with Gasteiger partial charge in [-0.3, -0.25) is 4.40 Å². The number of aromatic nitrogens is 3. The standard InChI is InChI=1S/C9H12N4/c1-9(2,10)8-12-11-7-5-3-4-6-13(7)8/h3-6H,10H2,1-2H3. The molecule has 0 atom stereocenters. The van der Waals surface area contributed by atoms with Gasteiger partial charge in [-0.1, -0.05) is 6.07 Å². The van der Waals surface area contributed by atoms with Gasteiger partial charge in [0, 0.05) is 6.20 Å². The number of pyridine rings is 1. The fourth-order valence-corrected chi connectivity index (χ4v) is 1.28. The van der Waals surface area contributed by atoms with E-state index in [4.69, 9.17) is 5.73 Å². The van der Waals surface area contributed by atoms with Gasteiger partial charge >= 0.3 is 0 Å². The Kier molecular flexibility index (Phi) is 1.60. The van der Waals surface area contributed by atoms with Gasteiger partial charge in [-0.25, -0.2) is 0 Å². The molecule has 2 N–H and O–H groups in total. The minimum Gasteiger partial charge on any atom is -0.319 e. The molecule has 0 aliphatic heterocycles. The summed E-state index contributed by atoms with van der Waals surface area (Å²) in [5, 5.41) is 8.07. The average molecular weight is 176 g/mol. The van der Waals surface area contributed by atoms with Crippen molar-refractivity contribution >= 4 is 5.65 Å². The Morgan fingerprint density at radius 1 is 1.31 bits per heavy atom. The fourth-order valence-electron chi connectivity index (χ4n) is 1.28. The van der Waals surface area contributed by atoms with Crippen molar-refractivity contribution in [2.24, 2.45) is 5.73 Å². The molecular formula is C9H12N4. The molecule has 0 saturated heterocycles. The van der Waals surface area contributed by atoms with Crippen molar-refractivity contribution in [3.05, 3.63) is 30.2 Å². The lowest BCUT2D eigenvalue weighted by Crippen LogP contribution is -2.31. The van der Waals surface area contributed by atoms with Crippen LogP contribution in [-0.4, -0.2) is 14.6 Å². The van der Waals surface area contributed by atoms with Crippen LogP contribution in [0.3, 0.4) is 0 Å². The highest BCUT2D eigenvalue weighted by Crippen LogP contribution is 2.14. The second kappa shape index (κ2) is 2.53. The molecule has 68 valence electrons. The number of nitrogens with two attached hydrogens (primary N) is 1. The SMILES string of the molecule is CC(C)(N)c1nnc2ccccn12. The summed E-state index contributed by atoms with van der Waals surface area (Å²) in [6.07, 6.45) is 1.92. The van der Waals surface area contributed by atoms with E-state index in [0.717, 1.165) is 11.5 Å².